The van der Waals surface area contributed by atoms with Crippen molar-refractivity contribution in [2.75, 3.05) is 0 Å². The van der Waals surface area contributed by atoms with E-state index in [4.69, 9.17) is 1.41 Å². The molecule has 0 unspecified atom stereocenters. The lowest BCUT2D eigenvalue weighted by molar-refractivity contribution is 0.482. The van der Waals surface area contributed by atoms with E-state index in [9.17, 15) is 5.11 Å². The summed E-state index contributed by atoms with van der Waals surface area (Å²) in [5, 5.41) is 15.2. The van der Waals surface area contributed by atoms with Gasteiger partial charge in [-0.15, -0.1) is 0 Å². The summed E-state index contributed by atoms with van der Waals surface area (Å²) in [4.78, 5) is 0. The summed E-state index contributed by atoms with van der Waals surface area (Å²) < 4.78 is 6.69. The Morgan fingerprint density at radius 1 is 1.35 bits per heavy atom. The number of phenolic OH excluding ortho intramolecular Hbond substituents is 1. The lowest BCUT2D eigenvalue weighted by atomic mass is 10.0. The van der Waals surface area contributed by atoms with Gasteiger partial charge in [0.1, 0.15) is 5.69 Å². The van der Waals surface area contributed by atoms with Gasteiger partial charge < -0.3 is 5.11 Å². The molecule has 0 fully saturated rings. The van der Waals surface area contributed by atoms with E-state index in [0.717, 1.165) is 16.3 Å². The van der Waals surface area contributed by atoms with E-state index in [1.807, 2.05) is 37.3 Å². The molecule has 0 amide bonds. The summed E-state index contributed by atoms with van der Waals surface area (Å²) in [5.74, 6) is 0.0848. The number of hydrogen-bond donors (Lipinski definition) is 2. The molecule has 2 N–H and O–H groups in total. The van der Waals surface area contributed by atoms with Crippen LogP contribution in [-0.4, -0.2) is 5.11 Å². The Hall–Kier alpha value is -1.90. The van der Waals surface area contributed by atoms with E-state index >= 15 is 0 Å². The first-order valence-corrected chi connectivity index (χ1v) is 5.72. The quantitative estimate of drug-likeness (QED) is 0.671. The van der Waals surface area contributed by atoms with Crippen molar-refractivity contribution >= 4 is 16.5 Å². The van der Waals surface area contributed by atoms with Crippen LogP contribution in [0, 0.1) is 12.4 Å². The number of hydrogen-bond acceptors (Lipinski definition) is 3. The van der Waals surface area contributed by atoms with Crippen molar-refractivity contribution in [3.8, 4) is 5.75 Å². The minimum absolute atomic E-state index is 0.0848. The van der Waals surface area contributed by atoms with Crippen molar-refractivity contribution in [1.29, 1.82) is 5.52 Å². The zero-order valence-electron chi connectivity index (χ0n) is 11.4. The molecule has 2 rings (SSSR count). The fourth-order valence-corrected chi connectivity index (χ4v) is 1.58. The fourth-order valence-electron chi connectivity index (χ4n) is 1.58. The van der Waals surface area contributed by atoms with Crippen molar-refractivity contribution in [3.05, 3.63) is 35.9 Å². The number of benzene rings is 2. The normalized spacial score (nSPS) is 11.1. The average molecular weight is 231 g/mol. The number of fused-ring (bicyclic) bond motifs is 1. The SMILES string of the molecule is CCC.[2H]N=Nc1c(C)cc2ccccc2c1O. The van der Waals surface area contributed by atoms with Crippen LogP contribution < -0.4 is 0 Å². The molecule has 0 atom stereocenters. The van der Waals surface area contributed by atoms with Gasteiger partial charge in [0.15, 0.2) is 5.75 Å². The van der Waals surface area contributed by atoms with Gasteiger partial charge in [-0.2, -0.15) is 5.11 Å². The van der Waals surface area contributed by atoms with Crippen molar-refractivity contribution < 1.29 is 6.52 Å². The summed E-state index contributed by atoms with van der Waals surface area (Å²) in [6.45, 7) is 6.08. The maximum Gasteiger partial charge on any atom is 0.214 e. The second-order valence-corrected chi connectivity index (χ2v) is 3.92. The molecule has 0 saturated heterocycles. The number of nitrogens with one attached hydrogen (secondary N) is 1. The van der Waals surface area contributed by atoms with Gasteiger partial charge in [0.05, 0.1) is 0 Å². The Bertz CT molecular complexity index is 553. The molecule has 3 heteroatoms. The standard InChI is InChI=1S/C11H10N2O.C3H8/c1-7-6-8-4-2-3-5-9(8)11(14)10(7)13-12;1-3-2/h2-6,12,14H,1H3;3H2,1-2H3/i/hD. The van der Waals surface area contributed by atoms with E-state index in [1.165, 1.54) is 6.42 Å². The zero-order valence-corrected chi connectivity index (χ0v) is 10.4. The highest BCUT2D eigenvalue weighted by Crippen LogP contribution is 2.37. The third kappa shape index (κ3) is 2.81. The van der Waals surface area contributed by atoms with Gasteiger partial charge in [0.25, 0.3) is 0 Å². The van der Waals surface area contributed by atoms with Gasteiger partial charge in [-0.1, -0.05) is 44.5 Å². The first-order chi connectivity index (χ1) is 8.65. The van der Waals surface area contributed by atoms with Crippen LogP contribution in [0.15, 0.2) is 35.4 Å². The van der Waals surface area contributed by atoms with Gasteiger partial charge in [-0.3, -0.25) is 0 Å². The van der Waals surface area contributed by atoms with E-state index in [1.54, 1.807) is 0 Å². The average Bonchev–Trinajstić information content (AvgIpc) is 2.35. The van der Waals surface area contributed by atoms with Crippen LogP contribution in [0.25, 0.3) is 10.8 Å². The molecule has 90 valence electrons. The van der Waals surface area contributed by atoms with Crippen LogP contribution in [0.1, 0.15) is 25.8 Å². The number of nitrogens with zero attached hydrogens (tertiary/aromatic N) is 1. The van der Waals surface area contributed by atoms with Crippen LogP contribution in [0.2, 0.25) is 1.41 Å². The Balaban J connectivity index is 0.000000492. The van der Waals surface area contributed by atoms with Gasteiger partial charge in [-0.05, 0) is 23.9 Å². The predicted molar refractivity (Wildman–Crippen MR) is 71.1 cm³/mol. The van der Waals surface area contributed by atoms with Crippen molar-refractivity contribution in [1.82, 2.24) is 0 Å². The summed E-state index contributed by atoms with van der Waals surface area (Å²) in [6.07, 6.45) is 1.25. The largest absolute Gasteiger partial charge is 0.505 e. The Morgan fingerprint density at radius 2 is 2.00 bits per heavy atom. The van der Waals surface area contributed by atoms with Crippen LogP contribution in [0.3, 0.4) is 0 Å². The molecule has 0 aliphatic carbocycles. The molecular weight excluding hydrogens is 212 g/mol. The van der Waals surface area contributed by atoms with Gasteiger partial charge >= 0.3 is 0 Å². The molecule has 0 aromatic heterocycles. The van der Waals surface area contributed by atoms with Crippen molar-refractivity contribution in [2.45, 2.75) is 27.2 Å². The monoisotopic (exact) mass is 231 g/mol. The molecule has 0 aliphatic rings. The zero-order chi connectivity index (χ0) is 13.5. The number of rotatable bonds is 1. The summed E-state index contributed by atoms with van der Waals surface area (Å²) in [5.41, 5.74) is 4.12. The molecule has 0 heterocycles. The number of aryl methyl sites for hydroxylation is 1. The Kier molecular flexibility index (Phi) is 4.08. The molecule has 0 bridgehead atoms. The van der Waals surface area contributed by atoms with Gasteiger partial charge in [0.2, 0.25) is 1.41 Å². The highest BCUT2D eigenvalue weighted by atomic mass is 16.3. The number of aromatic hydroxyl groups is 1. The Morgan fingerprint density at radius 3 is 2.65 bits per heavy atom. The molecule has 17 heavy (non-hydrogen) atoms. The third-order valence-electron chi connectivity index (χ3n) is 2.29. The fraction of sp³-hybridized carbons (Fsp3) is 0.286. The molecule has 0 spiro atoms. The van der Waals surface area contributed by atoms with Gasteiger partial charge in [0, 0.05) is 5.39 Å². The minimum Gasteiger partial charge on any atom is -0.505 e. The van der Waals surface area contributed by atoms with Crippen LogP contribution in [0.5, 0.6) is 5.75 Å². The molecule has 3 nitrogen and oxygen atoms in total. The second kappa shape index (κ2) is 5.99. The molecule has 0 saturated carbocycles. The molecular formula is C14H18N2O. The van der Waals surface area contributed by atoms with Crippen molar-refractivity contribution in [2.24, 2.45) is 5.11 Å². The third-order valence-corrected chi connectivity index (χ3v) is 2.29. The van der Waals surface area contributed by atoms with Crippen LogP contribution in [-0.2, 0) is 0 Å². The maximum atomic E-state index is 9.92. The van der Waals surface area contributed by atoms with E-state index in [2.05, 4.69) is 24.5 Å². The lowest BCUT2D eigenvalue weighted by Crippen LogP contribution is -1.79. The topological polar surface area (TPSA) is 56.4 Å². The summed E-state index contributed by atoms with van der Waals surface area (Å²) >= 11 is 0. The van der Waals surface area contributed by atoms with E-state index in [-0.39, 0.29) is 5.75 Å². The summed E-state index contributed by atoms with van der Waals surface area (Å²) in [6, 6.07) is 9.40. The first kappa shape index (κ1) is 11.6. The number of phenols is 1. The van der Waals surface area contributed by atoms with Crippen LogP contribution in [0.4, 0.5) is 5.69 Å². The molecule has 2 aromatic carbocycles. The maximum absolute atomic E-state index is 9.92. The lowest BCUT2D eigenvalue weighted by Gasteiger charge is -2.06. The second-order valence-electron chi connectivity index (χ2n) is 3.92. The molecule has 2 aromatic rings. The highest BCUT2D eigenvalue weighted by molar-refractivity contribution is 5.93. The molecule has 0 radical (unpaired) electrons. The Labute approximate surface area is 103 Å². The van der Waals surface area contributed by atoms with Crippen molar-refractivity contribution in [3.63, 3.8) is 0 Å². The van der Waals surface area contributed by atoms with E-state index < -0.39 is 0 Å². The van der Waals surface area contributed by atoms with Gasteiger partial charge in [-0.25, -0.2) is 5.52 Å². The highest BCUT2D eigenvalue weighted by Gasteiger charge is 2.08. The first-order valence-electron chi connectivity index (χ1n) is 6.16. The van der Waals surface area contributed by atoms with E-state index in [0.29, 0.717) is 5.69 Å². The smallest absolute Gasteiger partial charge is 0.214 e. The summed E-state index contributed by atoms with van der Waals surface area (Å²) in [7, 11) is 0. The minimum atomic E-state index is 0.0848. The van der Waals surface area contributed by atoms with Crippen LogP contribution >= 0.6 is 0 Å². The molecule has 0 aliphatic heterocycles. The predicted octanol–water partition coefficient (Wildman–Crippen LogP) is 4.93.